The maximum absolute atomic E-state index is 11.5. The monoisotopic (exact) mass is 532 g/mol. The minimum absolute atomic E-state index is 0.139. The van der Waals surface area contributed by atoms with Crippen LogP contribution in [0.1, 0.15) is 40.3 Å². The summed E-state index contributed by atoms with van der Waals surface area (Å²) in [5, 5.41) is 17.3. The van der Waals surface area contributed by atoms with Crippen LogP contribution in [-0.2, 0) is 0 Å². The molecule has 0 unspecified atom stereocenters. The van der Waals surface area contributed by atoms with E-state index >= 15 is 0 Å². The minimum atomic E-state index is -1.03. The van der Waals surface area contributed by atoms with Crippen molar-refractivity contribution >= 4 is 40.6 Å². The standard InChI is InChI=1S/C28H25ClN4O3S/c29-21-11-10-18(27(34)35)17-20(21)23-12-13-24(36-23)26-25(22-9-4-5-14-31-22)32-28(37)33(26)16-6-15-30-19-7-2-1-3-8-19/h1-5,7-14,17,25-26,30H,6,15-16H2,(H,32,37)(H,34,35)/t25-,26+/m1/s1. The smallest absolute Gasteiger partial charge is 0.335 e. The first-order valence-corrected chi connectivity index (χ1v) is 12.7. The summed E-state index contributed by atoms with van der Waals surface area (Å²) in [5.74, 6) is 0.151. The number of para-hydroxylation sites is 1. The molecule has 4 aromatic rings. The number of benzene rings is 2. The van der Waals surface area contributed by atoms with Gasteiger partial charge in [-0.15, -0.1) is 0 Å². The number of nitrogens with one attached hydrogen (secondary N) is 2. The molecule has 0 amide bonds. The topological polar surface area (TPSA) is 90.6 Å². The van der Waals surface area contributed by atoms with Crippen LogP contribution in [0.3, 0.4) is 0 Å². The fourth-order valence-corrected chi connectivity index (χ4v) is 5.04. The van der Waals surface area contributed by atoms with E-state index in [1.165, 1.54) is 12.1 Å². The summed E-state index contributed by atoms with van der Waals surface area (Å²) in [5.41, 5.74) is 2.58. The molecule has 2 aromatic heterocycles. The largest absolute Gasteiger partial charge is 0.478 e. The number of hydrogen-bond donors (Lipinski definition) is 3. The Kier molecular flexibility index (Phi) is 7.39. The molecular formula is C28H25ClN4O3S. The number of aromatic nitrogens is 1. The number of furan rings is 1. The number of nitrogens with zero attached hydrogens (tertiary/aromatic N) is 2. The summed E-state index contributed by atoms with van der Waals surface area (Å²) in [6, 6.07) is 23.7. The SMILES string of the molecule is O=C(O)c1ccc(Cl)c(-c2ccc([C@H]3[C@@H](c4ccccn4)NC(=S)N3CCCNc3ccccc3)o2)c1. The van der Waals surface area contributed by atoms with E-state index in [-0.39, 0.29) is 17.6 Å². The Hall–Kier alpha value is -3.88. The third kappa shape index (κ3) is 5.45. The maximum atomic E-state index is 11.5. The molecule has 2 aromatic carbocycles. The second-order valence-corrected chi connectivity index (χ2v) is 9.46. The minimum Gasteiger partial charge on any atom is -0.478 e. The number of carboxylic acids is 1. The average Bonchev–Trinajstić information content (AvgIpc) is 3.52. The first kappa shape index (κ1) is 24.8. The van der Waals surface area contributed by atoms with Gasteiger partial charge in [-0.25, -0.2) is 4.79 Å². The van der Waals surface area contributed by atoms with Crippen LogP contribution in [0.4, 0.5) is 5.69 Å². The Morgan fingerprint density at radius 1 is 1.11 bits per heavy atom. The van der Waals surface area contributed by atoms with Crippen LogP contribution in [0, 0.1) is 0 Å². The molecule has 5 rings (SSSR count). The van der Waals surface area contributed by atoms with Crippen molar-refractivity contribution in [2.45, 2.75) is 18.5 Å². The van der Waals surface area contributed by atoms with Crippen LogP contribution in [0.2, 0.25) is 5.02 Å². The lowest BCUT2D eigenvalue weighted by atomic mass is 10.0. The van der Waals surface area contributed by atoms with Gasteiger partial charge in [-0.2, -0.15) is 0 Å². The molecule has 3 heterocycles. The number of anilines is 1. The van der Waals surface area contributed by atoms with E-state index < -0.39 is 5.97 Å². The van der Waals surface area contributed by atoms with Gasteiger partial charge in [0.1, 0.15) is 17.6 Å². The molecule has 9 heteroatoms. The molecule has 2 atom stereocenters. The van der Waals surface area contributed by atoms with E-state index in [0.717, 1.165) is 24.3 Å². The van der Waals surface area contributed by atoms with Crippen molar-refractivity contribution in [1.82, 2.24) is 15.2 Å². The molecule has 188 valence electrons. The zero-order valence-electron chi connectivity index (χ0n) is 19.8. The molecular weight excluding hydrogens is 508 g/mol. The van der Waals surface area contributed by atoms with E-state index in [1.807, 2.05) is 60.7 Å². The maximum Gasteiger partial charge on any atom is 0.335 e. The van der Waals surface area contributed by atoms with Crippen LogP contribution in [0.15, 0.2) is 89.5 Å². The van der Waals surface area contributed by atoms with Gasteiger partial charge in [-0.1, -0.05) is 35.9 Å². The van der Waals surface area contributed by atoms with Crippen molar-refractivity contribution in [3.05, 3.63) is 107 Å². The van der Waals surface area contributed by atoms with Crippen molar-refractivity contribution in [2.75, 3.05) is 18.4 Å². The van der Waals surface area contributed by atoms with Gasteiger partial charge in [0, 0.05) is 30.5 Å². The first-order chi connectivity index (χ1) is 18.0. The molecule has 0 saturated carbocycles. The fourth-order valence-electron chi connectivity index (χ4n) is 4.50. The highest BCUT2D eigenvalue weighted by molar-refractivity contribution is 7.80. The van der Waals surface area contributed by atoms with Crippen molar-refractivity contribution in [1.29, 1.82) is 0 Å². The molecule has 0 radical (unpaired) electrons. The number of thiocarbonyl (C=S) groups is 1. The van der Waals surface area contributed by atoms with Crippen molar-refractivity contribution in [2.24, 2.45) is 0 Å². The molecule has 7 nitrogen and oxygen atoms in total. The van der Waals surface area contributed by atoms with Crippen LogP contribution in [-0.4, -0.2) is 39.2 Å². The van der Waals surface area contributed by atoms with Gasteiger partial charge in [0.2, 0.25) is 0 Å². The molecule has 0 aliphatic carbocycles. The number of carbonyl (C=O) groups is 1. The normalized spacial score (nSPS) is 17.0. The third-order valence-electron chi connectivity index (χ3n) is 6.27. The zero-order chi connectivity index (χ0) is 25.8. The van der Waals surface area contributed by atoms with Crippen LogP contribution in [0.5, 0.6) is 0 Å². The Labute approximate surface area is 225 Å². The van der Waals surface area contributed by atoms with Gasteiger partial charge in [-0.05, 0) is 73.2 Å². The number of halogens is 1. The molecule has 37 heavy (non-hydrogen) atoms. The number of rotatable bonds is 9. The Morgan fingerprint density at radius 3 is 2.68 bits per heavy atom. The summed E-state index contributed by atoms with van der Waals surface area (Å²) in [6.07, 6.45) is 2.61. The highest BCUT2D eigenvalue weighted by atomic mass is 35.5. The van der Waals surface area contributed by atoms with E-state index in [4.69, 9.17) is 28.2 Å². The predicted molar refractivity (Wildman–Crippen MR) is 148 cm³/mol. The zero-order valence-corrected chi connectivity index (χ0v) is 21.4. The van der Waals surface area contributed by atoms with Gasteiger partial charge in [0.15, 0.2) is 5.11 Å². The Morgan fingerprint density at radius 2 is 1.92 bits per heavy atom. The van der Waals surface area contributed by atoms with Crippen molar-refractivity contribution in [3.8, 4) is 11.3 Å². The molecule has 1 aliphatic heterocycles. The highest BCUT2D eigenvalue weighted by Crippen LogP contribution is 2.41. The van der Waals surface area contributed by atoms with Crippen LogP contribution >= 0.6 is 23.8 Å². The summed E-state index contributed by atoms with van der Waals surface area (Å²) in [4.78, 5) is 18.2. The number of carboxylic acid groups (broad SMARTS) is 1. The second-order valence-electron chi connectivity index (χ2n) is 8.67. The Bertz CT molecular complexity index is 1400. The first-order valence-electron chi connectivity index (χ1n) is 11.9. The van der Waals surface area contributed by atoms with Gasteiger partial charge >= 0.3 is 5.97 Å². The lowest BCUT2D eigenvalue weighted by Gasteiger charge is -2.26. The summed E-state index contributed by atoms with van der Waals surface area (Å²) in [7, 11) is 0. The molecule has 0 bridgehead atoms. The summed E-state index contributed by atoms with van der Waals surface area (Å²) >= 11 is 12.1. The van der Waals surface area contributed by atoms with Gasteiger partial charge in [0.05, 0.1) is 22.3 Å². The summed E-state index contributed by atoms with van der Waals surface area (Å²) in [6.45, 7) is 1.48. The van der Waals surface area contributed by atoms with Gasteiger partial charge < -0.3 is 25.1 Å². The van der Waals surface area contributed by atoms with Gasteiger partial charge in [0.25, 0.3) is 0 Å². The second kappa shape index (κ2) is 11.0. The van der Waals surface area contributed by atoms with Crippen molar-refractivity contribution < 1.29 is 14.3 Å². The fraction of sp³-hybridized carbons (Fsp3) is 0.179. The Balaban J connectivity index is 1.41. The van der Waals surface area contributed by atoms with E-state index in [2.05, 4.69) is 20.5 Å². The average molecular weight is 533 g/mol. The molecule has 1 fully saturated rings. The highest BCUT2D eigenvalue weighted by Gasteiger charge is 2.41. The lowest BCUT2D eigenvalue weighted by molar-refractivity contribution is 0.0697. The molecule has 3 N–H and O–H groups in total. The van der Waals surface area contributed by atoms with Crippen LogP contribution < -0.4 is 10.6 Å². The van der Waals surface area contributed by atoms with E-state index in [0.29, 0.717) is 33.8 Å². The lowest BCUT2D eigenvalue weighted by Crippen LogP contribution is -2.31. The van der Waals surface area contributed by atoms with Crippen molar-refractivity contribution in [3.63, 3.8) is 0 Å². The van der Waals surface area contributed by atoms with E-state index in [9.17, 15) is 9.90 Å². The quantitative estimate of drug-likeness (QED) is 0.174. The number of aromatic carboxylic acids is 1. The third-order valence-corrected chi connectivity index (χ3v) is 6.96. The number of pyridine rings is 1. The molecule has 0 spiro atoms. The summed E-state index contributed by atoms with van der Waals surface area (Å²) < 4.78 is 6.31. The predicted octanol–water partition coefficient (Wildman–Crippen LogP) is 6.17. The molecule has 1 saturated heterocycles. The molecule has 1 aliphatic rings. The van der Waals surface area contributed by atoms with Crippen LogP contribution in [0.25, 0.3) is 11.3 Å². The van der Waals surface area contributed by atoms with E-state index in [1.54, 1.807) is 12.3 Å². The van der Waals surface area contributed by atoms with Gasteiger partial charge in [-0.3, -0.25) is 4.98 Å². The number of hydrogen-bond acceptors (Lipinski definition) is 5.